The lowest BCUT2D eigenvalue weighted by Crippen LogP contribution is -2.28. The van der Waals surface area contributed by atoms with Crippen molar-refractivity contribution in [2.45, 2.75) is 37.8 Å². The lowest BCUT2D eigenvalue weighted by atomic mass is 9.93. The average molecular weight is 393 g/mol. The minimum atomic E-state index is -0.187. The van der Waals surface area contributed by atoms with Crippen molar-refractivity contribution in [3.63, 3.8) is 0 Å². The first kappa shape index (κ1) is 17.4. The van der Waals surface area contributed by atoms with Crippen molar-refractivity contribution in [3.8, 4) is 17.0 Å². The molecule has 0 saturated heterocycles. The van der Waals surface area contributed by atoms with Crippen molar-refractivity contribution in [2.24, 2.45) is 0 Å². The molecule has 0 radical (unpaired) electrons. The normalized spacial score (nSPS) is 20.4. The predicted molar refractivity (Wildman–Crippen MR) is 102 cm³/mol. The van der Waals surface area contributed by atoms with Gasteiger partial charge in [0.25, 0.3) is 0 Å². The van der Waals surface area contributed by atoms with Gasteiger partial charge in [-0.15, -0.1) is 5.10 Å². The van der Waals surface area contributed by atoms with Crippen LogP contribution in [0.2, 0.25) is 10.0 Å². The molecule has 2 heterocycles. The second-order valence-electron chi connectivity index (χ2n) is 6.57. The summed E-state index contributed by atoms with van der Waals surface area (Å²) >= 11 is 12.1. The highest BCUT2D eigenvalue weighted by Gasteiger charge is 2.20. The predicted octanol–water partition coefficient (Wildman–Crippen LogP) is 4.12. The van der Waals surface area contributed by atoms with Gasteiger partial charge in [-0.2, -0.15) is 0 Å². The summed E-state index contributed by atoms with van der Waals surface area (Å²) in [5.41, 5.74) is 2.15. The molecule has 6 nitrogen and oxygen atoms in total. The molecule has 0 aliphatic heterocycles. The molecule has 4 rings (SSSR count). The number of benzene rings is 1. The van der Waals surface area contributed by atoms with Crippen LogP contribution in [0, 0.1) is 0 Å². The molecule has 0 atom stereocenters. The van der Waals surface area contributed by atoms with Crippen molar-refractivity contribution in [2.75, 3.05) is 5.32 Å². The van der Waals surface area contributed by atoms with Gasteiger partial charge >= 0.3 is 0 Å². The summed E-state index contributed by atoms with van der Waals surface area (Å²) < 4.78 is 1.72. The van der Waals surface area contributed by atoms with Crippen LogP contribution < -0.4 is 5.32 Å². The third-order valence-corrected chi connectivity index (χ3v) is 5.30. The van der Waals surface area contributed by atoms with Gasteiger partial charge in [-0.25, -0.2) is 9.50 Å². The number of rotatable bonds is 3. The summed E-state index contributed by atoms with van der Waals surface area (Å²) in [7, 11) is 0. The highest BCUT2D eigenvalue weighted by Crippen LogP contribution is 2.36. The Balaban J connectivity index is 1.67. The Morgan fingerprint density at radius 1 is 1.08 bits per heavy atom. The van der Waals surface area contributed by atoms with E-state index in [-0.39, 0.29) is 21.9 Å². The molecule has 136 valence electrons. The van der Waals surface area contributed by atoms with Crippen molar-refractivity contribution in [1.29, 1.82) is 0 Å². The van der Waals surface area contributed by atoms with Crippen LogP contribution in [0.3, 0.4) is 0 Å². The fraction of sp³-hybridized carbons (Fsp3) is 0.333. The van der Waals surface area contributed by atoms with Gasteiger partial charge in [-0.05, 0) is 49.9 Å². The molecule has 1 fully saturated rings. The maximum absolute atomic E-state index is 9.76. The van der Waals surface area contributed by atoms with Gasteiger partial charge in [0.05, 0.1) is 28.0 Å². The van der Waals surface area contributed by atoms with Crippen LogP contribution >= 0.6 is 23.2 Å². The lowest BCUT2D eigenvalue weighted by Gasteiger charge is -2.26. The van der Waals surface area contributed by atoms with Gasteiger partial charge in [-0.1, -0.05) is 23.2 Å². The van der Waals surface area contributed by atoms with Gasteiger partial charge in [0.15, 0.2) is 11.4 Å². The molecule has 3 aromatic rings. The molecular weight excluding hydrogens is 375 g/mol. The van der Waals surface area contributed by atoms with Gasteiger partial charge in [-0.3, -0.25) is 0 Å². The maximum atomic E-state index is 9.76. The number of nitrogens with zero attached hydrogens (tertiary/aromatic N) is 3. The SMILES string of the molecule is Oc1c(Cl)cc(-c2cnc3ccc(NC4CCC(O)CC4)nn23)cc1Cl. The Labute approximate surface area is 160 Å². The molecule has 1 aliphatic carbocycles. The molecule has 1 saturated carbocycles. The molecule has 1 aromatic carbocycles. The Hall–Kier alpha value is -2.02. The number of fused-ring (bicyclic) bond motifs is 1. The molecule has 2 aromatic heterocycles. The Bertz CT molecular complexity index is 929. The Morgan fingerprint density at radius 3 is 2.46 bits per heavy atom. The van der Waals surface area contributed by atoms with E-state index in [4.69, 9.17) is 23.2 Å². The quantitative estimate of drug-likeness (QED) is 0.624. The standard InChI is InChI=1S/C18H18Cl2N4O2/c19-13-7-10(8-14(20)18(13)26)15-9-21-17-6-5-16(23-24(15)17)22-11-1-3-12(25)4-2-11/h5-9,11-12,25-26H,1-4H2,(H,22,23). The number of aromatic hydroxyl groups is 1. The van der Waals surface area contributed by atoms with E-state index < -0.39 is 0 Å². The zero-order valence-corrected chi connectivity index (χ0v) is 15.4. The Kier molecular flexibility index (Phi) is 4.65. The summed E-state index contributed by atoms with van der Waals surface area (Å²) in [4.78, 5) is 4.37. The summed E-state index contributed by atoms with van der Waals surface area (Å²) in [6.45, 7) is 0. The number of phenolic OH excluding ortho intramolecular Hbond substituents is 1. The van der Waals surface area contributed by atoms with Gasteiger partial charge < -0.3 is 15.5 Å². The number of hydrogen-bond acceptors (Lipinski definition) is 5. The molecule has 1 aliphatic rings. The van der Waals surface area contributed by atoms with Gasteiger partial charge in [0.1, 0.15) is 5.82 Å². The molecule has 3 N–H and O–H groups in total. The van der Waals surface area contributed by atoms with Crippen molar-refractivity contribution >= 4 is 34.7 Å². The second-order valence-corrected chi connectivity index (χ2v) is 7.38. The lowest BCUT2D eigenvalue weighted by molar-refractivity contribution is 0.126. The first-order valence-electron chi connectivity index (χ1n) is 8.49. The number of phenols is 1. The van der Waals surface area contributed by atoms with Gasteiger partial charge in [0, 0.05) is 11.6 Å². The zero-order chi connectivity index (χ0) is 18.3. The third-order valence-electron chi connectivity index (χ3n) is 4.72. The molecule has 0 amide bonds. The number of aliphatic hydroxyl groups is 1. The van der Waals surface area contributed by atoms with Crippen LogP contribution in [0.25, 0.3) is 16.9 Å². The minimum absolute atomic E-state index is 0.138. The number of imidazole rings is 1. The van der Waals surface area contributed by atoms with E-state index in [2.05, 4.69) is 15.4 Å². The molecule has 0 unspecified atom stereocenters. The van der Waals surface area contributed by atoms with E-state index in [1.807, 2.05) is 12.1 Å². The minimum Gasteiger partial charge on any atom is -0.505 e. The number of halogens is 2. The zero-order valence-electron chi connectivity index (χ0n) is 13.9. The van der Waals surface area contributed by atoms with Crippen LogP contribution in [-0.4, -0.2) is 37.0 Å². The van der Waals surface area contributed by atoms with E-state index in [0.717, 1.165) is 42.8 Å². The van der Waals surface area contributed by atoms with Gasteiger partial charge in [0.2, 0.25) is 0 Å². The Morgan fingerprint density at radius 2 is 1.77 bits per heavy atom. The largest absolute Gasteiger partial charge is 0.505 e. The first-order valence-corrected chi connectivity index (χ1v) is 9.24. The van der Waals surface area contributed by atoms with E-state index in [9.17, 15) is 10.2 Å². The fourth-order valence-electron chi connectivity index (χ4n) is 3.29. The topological polar surface area (TPSA) is 82.7 Å². The molecule has 0 bridgehead atoms. The summed E-state index contributed by atoms with van der Waals surface area (Å²) in [5.74, 6) is 0.606. The number of aromatic nitrogens is 3. The maximum Gasteiger partial charge on any atom is 0.154 e. The summed E-state index contributed by atoms with van der Waals surface area (Å²) in [6.07, 6.45) is 4.96. The average Bonchev–Trinajstić information content (AvgIpc) is 3.04. The number of aliphatic hydroxyl groups excluding tert-OH is 1. The van der Waals surface area contributed by atoms with Crippen LogP contribution in [0.5, 0.6) is 5.75 Å². The van der Waals surface area contributed by atoms with Crippen molar-refractivity contribution in [1.82, 2.24) is 14.6 Å². The van der Waals surface area contributed by atoms with Crippen LogP contribution in [0.15, 0.2) is 30.5 Å². The number of anilines is 1. The van der Waals surface area contributed by atoms with E-state index in [0.29, 0.717) is 11.7 Å². The van der Waals surface area contributed by atoms with Crippen LogP contribution in [0.4, 0.5) is 5.82 Å². The van der Waals surface area contributed by atoms with E-state index in [1.54, 1.807) is 22.8 Å². The highest BCUT2D eigenvalue weighted by molar-refractivity contribution is 6.37. The third kappa shape index (κ3) is 3.32. The molecular formula is C18H18Cl2N4O2. The van der Waals surface area contributed by atoms with Crippen LogP contribution in [0.1, 0.15) is 25.7 Å². The second kappa shape index (κ2) is 6.95. The summed E-state index contributed by atoms with van der Waals surface area (Å²) in [6, 6.07) is 7.36. The first-order chi connectivity index (χ1) is 12.5. The highest BCUT2D eigenvalue weighted by atomic mass is 35.5. The smallest absolute Gasteiger partial charge is 0.154 e. The van der Waals surface area contributed by atoms with Crippen LogP contribution in [-0.2, 0) is 0 Å². The van der Waals surface area contributed by atoms with Crippen molar-refractivity contribution in [3.05, 3.63) is 40.5 Å². The molecule has 26 heavy (non-hydrogen) atoms. The van der Waals surface area contributed by atoms with E-state index >= 15 is 0 Å². The number of nitrogens with one attached hydrogen (secondary N) is 1. The fourth-order valence-corrected chi connectivity index (χ4v) is 3.78. The van der Waals surface area contributed by atoms with Crippen molar-refractivity contribution < 1.29 is 10.2 Å². The monoisotopic (exact) mass is 392 g/mol. The number of hydrogen-bond donors (Lipinski definition) is 3. The summed E-state index contributed by atoms with van der Waals surface area (Å²) in [5, 5.41) is 27.8. The molecule has 0 spiro atoms. The van der Waals surface area contributed by atoms with E-state index in [1.165, 1.54) is 0 Å². The molecule has 8 heteroatoms.